The van der Waals surface area contributed by atoms with E-state index in [0.29, 0.717) is 23.6 Å². The Hall–Kier alpha value is -2.93. The molecular formula is C22H24N2O4S. The van der Waals surface area contributed by atoms with Gasteiger partial charge in [-0.1, -0.05) is 17.4 Å². The number of carbonyl (C=O) groups excluding carboxylic acids is 2. The molecule has 3 aromatic rings. The first-order chi connectivity index (χ1) is 13.9. The molecule has 29 heavy (non-hydrogen) atoms. The summed E-state index contributed by atoms with van der Waals surface area (Å²) in [6, 6.07) is 11.1. The molecule has 0 aliphatic heterocycles. The highest BCUT2D eigenvalue weighted by atomic mass is 32.1. The first-order valence-corrected chi connectivity index (χ1v) is 10.3. The van der Waals surface area contributed by atoms with E-state index in [1.54, 1.807) is 17.6 Å². The zero-order valence-electron chi connectivity index (χ0n) is 17.0. The van der Waals surface area contributed by atoms with Crippen LogP contribution >= 0.6 is 11.3 Å². The second-order valence-corrected chi connectivity index (χ2v) is 7.56. The molecular weight excluding hydrogens is 388 g/mol. The minimum atomic E-state index is -0.374. The summed E-state index contributed by atoms with van der Waals surface area (Å²) in [5.74, 6) is 0.0139. The predicted octanol–water partition coefficient (Wildman–Crippen LogP) is 4.02. The number of nitrogens with zero attached hydrogens (tertiary/aromatic N) is 2. The van der Waals surface area contributed by atoms with Crippen molar-refractivity contribution in [2.75, 3.05) is 13.2 Å². The number of esters is 1. The summed E-state index contributed by atoms with van der Waals surface area (Å²) >= 11 is 1.34. The van der Waals surface area contributed by atoms with Crippen LogP contribution in [0.1, 0.15) is 35.3 Å². The highest BCUT2D eigenvalue weighted by molar-refractivity contribution is 7.16. The average Bonchev–Trinajstić information content (AvgIpc) is 3.00. The summed E-state index contributed by atoms with van der Waals surface area (Å²) in [6.07, 6.45) is 0. The number of fused-ring (bicyclic) bond motifs is 1. The van der Waals surface area contributed by atoms with Crippen molar-refractivity contribution in [3.8, 4) is 5.75 Å². The first-order valence-electron chi connectivity index (χ1n) is 9.51. The number of thiazole rings is 1. The monoisotopic (exact) mass is 412 g/mol. The van der Waals surface area contributed by atoms with Gasteiger partial charge in [-0.25, -0.2) is 0 Å². The third kappa shape index (κ3) is 4.74. The molecule has 1 heterocycles. The van der Waals surface area contributed by atoms with E-state index in [-0.39, 0.29) is 18.4 Å². The van der Waals surface area contributed by atoms with E-state index < -0.39 is 0 Å². The summed E-state index contributed by atoms with van der Waals surface area (Å²) in [5.41, 5.74) is 3.47. The van der Waals surface area contributed by atoms with Crippen LogP contribution < -0.4 is 9.54 Å². The van der Waals surface area contributed by atoms with Crippen LogP contribution in [0, 0.1) is 13.8 Å². The maximum absolute atomic E-state index is 12.8. The van der Waals surface area contributed by atoms with E-state index in [1.165, 1.54) is 11.3 Å². The number of rotatable bonds is 6. The third-order valence-corrected chi connectivity index (χ3v) is 5.55. The number of hydrogen-bond acceptors (Lipinski definition) is 5. The number of benzene rings is 2. The zero-order chi connectivity index (χ0) is 21.0. The third-order valence-electron chi connectivity index (χ3n) is 4.51. The average molecular weight is 413 g/mol. The fourth-order valence-corrected chi connectivity index (χ4v) is 3.97. The van der Waals surface area contributed by atoms with Crippen molar-refractivity contribution in [2.24, 2.45) is 4.99 Å². The molecule has 0 saturated carbocycles. The van der Waals surface area contributed by atoms with E-state index in [1.807, 2.05) is 51.1 Å². The minimum absolute atomic E-state index is 0.0130. The molecule has 0 fully saturated rings. The van der Waals surface area contributed by atoms with E-state index in [9.17, 15) is 9.59 Å². The second-order valence-electron chi connectivity index (χ2n) is 6.55. The van der Waals surface area contributed by atoms with Gasteiger partial charge in [-0.05, 0) is 69.2 Å². The molecule has 0 spiro atoms. The highest BCUT2D eigenvalue weighted by Gasteiger charge is 2.14. The lowest BCUT2D eigenvalue weighted by atomic mass is 10.1. The van der Waals surface area contributed by atoms with Crippen molar-refractivity contribution in [3.63, 3.8) is 0 Å². The number of amides is 1. The van der Waals surface area contributed by atoms with Crippen LogP contribution in [-0.2, 0) is 16.1 Å². The van der Waals surface area contributed by atoms with Gasteiger partial charge in [-0.2, -0.15) is 4.99 Å². The van der Waals surface area contributed by atoms with Gasteiger partial charge in [0.05, 0.1) is 23.4 Å². The number of aryl methyl sites for hydroxylation is 2. The molecule has 2 aromatic carbocycles. The lowest BCUT2D eigenvalue weighted by molar-refractivity contribution is -0.143. The van der Waals surface area contributed by atoms with Gasteiger partial charge in [-0.15, -0.1) is 0 Å². The number of ether oxygens (including phenoxy) is 2. The Kier molecular flexibility index (Phi) is 6.49. The largest absolute Gasteiger partial charge is 0.494 e. The number of carbonyl (C=O) groups is 2. The van der Waals surface area contributed by atoms with Crippen LogP contribution in [0.25, 0.3) is 10.2 Å². The van der Waals surface area contributed by atoms with E-state index in [4.69, 9.17) is 9.47 Å². The van der Waals surface area contributed by atoms with Crippen LogP contribution in [0.15, 0.2) is 41.4 Å². The van der Waals surface area contributed by atoms with Crippen molar-refractivity contribution in [2.45, 2.75) is 34.2 Å². The maximum Gasteiger partial charge on any atom is 0.326 e. The Morgan fingerprint density at radius 1 is 1.03 bits per heavy atom. The molecule has 6 nitrogen and oxygen atoms in total. The summed E-state index contributed by atoms with van der Waals surface area (Å²) < 4.78 is 13.3. The number of aromatic nitrogens is 1. The molecule has 7 heteroatoms. The Balaban J connectivity index is 2.10. The van der Waals surface area contributed by atoms with Crippen LogP contribution in [0.5, 0.6) is 5.75 Å². The van der Waals surface area contributed by atoms with E-state index >= 15 is 0 Å². The minimum Gasteiger partial charge on any atom is -0.494 e. The molecule has 0 radical (unpaired) electrons. The molecule has 3 rings (SSSR count). The summed E-state index contributed by atoms with van der Waals surface area (Å²) in [4.78, 5) is 29.7. The van der Waals surface area contributed by atoms with E-state index in [2.05, 4.69) is 4.99 Å². The topological polar surface area (TPSA) is 69.9 Å². The maximum atomic E-state index is 12.8. The van der Waals surface area contributed by atoms with Crippen LogP contribution in [0.2, 0.25) is 0 Å². The zero-order valence-corrected chi connectivity index (χ0v) is 17.8. The molecule has 0 N–H and O–H groups in total. The molecule has 0 unspecified atom stereocenters. The molecule has 0 aliphatic rings. The SMILES string of the molecule is CCOC(=O)Cn1c(=NC(=O)c2ccc(C)c(C)c2)sc2cc(OCC)ccc21. The van der Waals surface area contributed by atoms with Crippen molar-refractivity contribution in [1.29, 1.82) is 0 Å². The summed E-state index contributed by atoms with van der Waals surface area (Å²) in [6.45, 7) is 8.48. The summed E-state index contributed by atoms with van der Waals surface area (Å²) in [5, 5.41) is 0. The van der Waals surface area contributed by atoms with Gasteiger partial charge in [-0.3, -0.25) is 9.59 Å². The van der Waals surface area contributed by atoms with Crippen molar-refractivity contribution in [3.05, 3.63) is 57.9 Å². The first kappa shape index (κ1) is 20.8. The van der Waals surface area contributed by atoms with Gasteiger partial charge in [0.25, 0.3) is 5.91 Å². The van der Waals surface area contributed by atoms with Gasteiger partial charge in [0.2, 0.25) is 0 Å². The smallest absolute Gasteiger partial charge is 0.326 e. The Morgan fingerprint density at radius 2 is 1.83 bits per heavy atom. The standard InChI is InChI=1S/C22H24N2O4S/c1-5-27-17-9-10-18-19(12-17)29-22(24(18)13-20(25)28-6-2)23-21(26)16-8-7-14(3)15(4)11-16/h7-12H,5-6,13H2,1-4H3. The predicted molar refractivity (Wildman–Crippen MR) is 113 cm³/mol. The van der Waals surface area contributed by atoms with Gasteiger partial charge in [0.1, 0.15) is 12.3 Å². The molecule has 152 valence electrons. The lowest BCUT2D eigenvalue weighted by Crippen LogP contribution is -2.23. The quantitative estimate of drug-likeness (QED) is 0.574. The molecule has 0 aliphatic carbocycles. The van der Waals surface area contributed by atoms with Gasteiger partial charge >= 0.3 is 5.97 Å². The van der Waals surface area contributed by atoms with Crippen LogP contribution in [-0.4, -0.2) is 29.7 Å². The molecule has 1 amide bonds. The molecule has 0 atom stereocenters. The molecule has 1 aromatic heterocycles. The fourth-order valence-electron chi connectivity index (χ4n) is 2.91. The fraction of sp³-hybridized carbons (Fsp3) is 0.318. The molecule has 0 saturated heterocycles. The van der Waals surface area contributed by atoms with E-state index in [0.717, 1.165) is 27.1 Å². The second kappa shape index (κ2) is 9.05. The van der Waals surface area contributed by atoms with Crippen molar-refractivity contribution < 1.29 is 19.1 Å². The Morgan fingerprint density at radius 3 is 2.52 bits per heavy atom. The van der Waals surface area contributed by atoms with Crippen LogP contribution in [0.4, 0.5) is 0 Å². The van der Waals surface area contributed by atoms with Crippen molar-refractivity contribution >= 4 is 33.4 Å². The highest BCUT2D eigenvalue weighted by Crippen LogP contribution is 2.23. The van der Waals surface area contributed by atoms with Gasteiger partial charge in [0, 0.05) is 5.56 Å². The Labute approximate surface area is 173 Å². The van der Waals surface area contributed by atoms with Crippen molar-refractivity contribution in [1.82, 2.24) is 4.57 Å². The summed E-state index contributed by atoms with van der Waals surface area (Å²) in [7, 11) is 0. The van der Waals surface area contributed by atoms with Gasteiger partial charge in [0.15, 0.2) is 4.80 Å². The lowest BCUT2D eigenvalue weighted by Gasteiger charge is -2.06. The number of hydrogen-bond donors (Lipinski definition) is 0. The normalized spacial score (nSPS) is 11.7. The molecule has 0 bridgehead atoms. The van der Waals surface area contributed by atoms with Crippen LogP contribution in [0.3, 0.4) is 0 Å². The Bertz CT molecular complexity index is 1130. The van der Waals surface area contributed by atoms with Gasteiger partial charge < -0.3 is 14.0 Å².